The smallest absolute Gasteiger partial charge is 0.0561 e. The molecule has 0 aliphatic carbocycles. The molecule has 4 heteroatoms. The lowest BCUT2D eigenvalue weighted by Gasteiger charge is -2.12. The van der Waals surface area contributed by atoms with Crippen LogP contribution in [0.2, 0.25) is 0 Å². The van der Waals surface area contributed by atoms with Crippen LogP contribution in [-0.4, -0.2) is 12.0 Å². The van der Waals surface area contributed by atoms with Crippen LogP contribution < -0.4 is 11.3 Å². The molecule has 0 aliphatic heterocycles. The van der Waals surface area contributed by atoms with E-state index in [0.29, 0.717) is 6.04 Å². The highest BCUT2D eigenvalue weighted by Crippen LogP contribution is 2.22. The van der Waals surface area contributed by atoms with Gasteiger partial charge in [0.2, 0.25) is 0 Å². The average molecular weight is 202 g/mol. The number of hydrazine groups is 1. The van der Waals surface area contributed by atoms with Crippen molar-refractivity contribution in [2.75, 3.05) is 12.0 Å². The van der Waals surface area contributed by atoms with Crippen LogP contribution in [0.1, 0.15) is 17.3 Å². The molecule has 0 fully saturated rings. The number of rotatable bonds is 5. The topological polar surface area (TPSA) is 38.0 Å². The second kappa shape index (κ2) is 5.59. The van der Waals surface area contributed by atoms with Crippen molar-refractivity contribution in [1.82, 2.24) is 5.43 Å². The summed E-state index contributed by atoms with van der Waals surface area (Å²) < 4.78 is 0. The summed E-state index contributed by atoms with van der Waals surface area (Å²) in [7, 11) is 0. The first-order valence-corrected chi connectivity index (χ1v) is 6.14. The fourth-order valence-electron chi connectivity index (χ4n) is 1.03. The first-order chi connectivity index (χ1) is 5.88. The van der Waals surface area contributed by atoms with Crippen LogP contribution in [0.25, 0.3) is 0 Å². The summed E-state index contributed by atoms with van der Waals surface area (Å²) in [5.41, 5.74) is 2.84. The lowest BCUT2D eigenvalue weighted by Crippen LogP contribution is -2.27. The fraction of sp³-hybridized carbons (Fsp3) is 0.500. The molecule has 12 heavy (non-hydrogen) atoms. The SMILES string of the molecule is CSCCC(NN)c1cccs1. The molecule has 1 heterocycles. The van der Waals surface area contributed by atoms with E-state index < -0.39 is 0 Å². The Balaban J connectivity index is 2.45. The molecule has 3 N–H and O–H groups in total. The molecule has 68 valence electrons. The van der Waals surface area contributed by atoms with Crippen molar-refractivity contribution in [3.63, 3.8) is 0 Å². The highest BCUT2D eigenvalue weighted by atomic mass is 32.2. The van der Waals surface area contributed by atoms with Crippen molar-refractivity contribution in [2.24, 2.45) is 5.84 Å². The normalized spacial score (nSPS) is 13.2. The minimum atomic E-state index is 0.331. The Bertz CT molecular complexity index is 199. The number of thioether (sulfide) groups is 1. The predicted octanol–water partition coefficient (Wildman–Crippen LogP) is 2.01. The summed E-state index contributed by atoms with van der Waals surface area (Å²) in [4.78, 5) is 1.33. The zero-order chi connectivity index (χ0) is 8.81. The number of nitrogens with one attached hydrogen (secondary N) is 1. The molecule has 0 spiro atoms. The Morgan fingerprint density at radius 1 is 1.75 bits per heavy atom. The predicted molar refractivity (Wildman–Crippen MR) is 57.4 cm³/mol. The highest BCUT2D eigenvalue weighted by molar-refractivity contribution is 7.98. The van der Waals surface area contributed by atoms with E-state index in [-0.39, 0.29) is 0 Å². The molecule has 2 nitrogen and oxygen atoms in total. The summed E-state index contributed by atoms with van der Waals surface area (Å²) in [5.74, 6) is 6.60. The third-order valence-corrected chi connectivity index (χ3v) is 3.33. The lowest BCUT2D eigenvalue weighted by molar-refractivity contribution is 0.551. The second-order valence-corrected chi connectivity index (χ2v) is 4.48. The lowest BCUT2D eigenvalue weighted by atomic mass is 10.2. The Morgan fingerprint density at radius 3 is 3.08 bits per heavy atom. The van der Waals surface area contributed by atoms with Gasteiger partial charge in [0.1, 0.15) is 0 Å². The second-order valence-electron chi connectivity index (χ2n) is 2.52. The highest BCUT2D eigenvalue weighted by Gasteiger charge is 2.08. The van der Waals surface area contributed by atoms with E-state index in [1.807, 2.05) is 11.8 Å². The molecule has 0 saturated heterocycles. The van der Waals surface area contributed by atoms with Gasteiger partial charge in [0, 0.05) is 4.88 Å². The van der Waals surface area contributed by atoms with Crippen LogP contribution in [0.15, 0.2) is 17.5 Å². The van der Waals surface area contributed by atoms with E-state index in [1.54, 1.807) is 11.3 Å². The zero-order valence-corrected chi connectivity index (χ0v) is 8.75. The number of nitrogens with two attached hydrogens (primary N) is 1. The summed E-state index contributed by atoms with van der Waals surface area (Å²) in [6.45, 7) is 0. The maximum absolute atomic E-state index is 5.45. The maximum Gasteiger partial charge on any atom is 0.0561 e. The molecule has 1 aromatic heterocycles. The molecule has 0 aliphatic rings. The van der Waals surface area contributed by atoms with Crippen LogP contribution in [0.5, 0.6) is 0 Å². The Labute approximate surface area is 81.5 Å². The minimum Gasteiger partial charge on any atom is -0.271 e. The molecule has 1 aromatic rings. The van der Waals surface area contributed by atoms with Crippen molar-refractivity contribution in [1.29, 1.82) is 0 Å². The van der Waals surface area contributed by atoms with Gasteiger partial charge in [-0.3, -0.25) is 11.3 Å². The van der Waals surface area contributed by atoms with Gasteiger partial charge >= 0.3 is 0 Å². The molecule has 1 rings (SSSR count). The van der Waals surface area contributed by atoms with E-state index >= 15 is 0 Å². The van der Waals surface area contributed by atoms with Crippen molar-refractivity contribution in [3.05, 3.63) is 22.4 Å². The van der Waals surface area contributed by atoms with Crippen LogP contribution in [0.4, 0.5) is 0 Å². The fourth-order valence-corrected chi connectivity index (χ4v) is 2.33. The molecular weight excluding hydrogens is 188 g/mol. The first-order valence-electron chi connectivity index (χ1n) is 3.87. The van der Waals surface area contributed by atoms with Crippen LogP contribution in [0, 0.1) is 0 Å². The van der Waals surface area contributed by atoms with Gasteiger partial charge in [-0.25, -0.2) is 0 Å². The van der Waals surface area contributed by atoms with Gasteiger partial charge in [-0.1, -0.05) is 6.07 Å². The van der Waals surface area contributed by atoms with Crippen molar-refractivity contribution in [2.45, 2.75) is 12.5 Å². The van der Waals surface area contributed by atoms with E-state index in [2.05, 4.69) is 29.2 Å². The Kier molecular flexibility index (Phi) is 4.68. The van der Waals surface area contributed by atoms with E-state index in [1.165, 1.54) is 4.88 Å². The summed E-state index contributed by atoms with van der Waals surface area (Å²) in [5, 5.41) is 2.08. The van der Waals surface area contributed by atoms with Crippen LogP contribution >= 0.6 is 23.1 Å². The maximum atomic E-state index is 5.45. The summed E-state index contributed by atoms with van der Waals surface area (Å²) in [6.07, 6.45) is 3.21. The van der Waals surface area contributed by atoms with E-state index in [0.717, 1.165) is 12.2 Å². The molecule has 0 aromatic carbocycles. The molecule has 0 radical (unpaired) electrons. The Morgan fingerprint density at radius 2 is 2.58 bits per heavy atom. The standard InChI is InChI=1S/C8H14N2S2/c1-11-6-4-7(10-9)8-3-2-5-12-8/h2-3,5,7,10H,4,6,9H2,1H3. The summed E-state index contributed by atoms with van der Waals surface area (Å²) >= 11 is 3.61. The van der Waals surface area contributed by atoms with Gasteiger partial charge < -0.3 is 0 Å². The van der Waals surface area contributed by atoms with Gasteiger partial charge in [0.05, 0.1) is 6.04 Å². The van der Waals surface area contributed by atoms with Gasteiger partial charge in [-0.05, 0) is 29.9 Å². The van der Waals surface area contributed by atoms with Gasteiger partial charge in [0.25, 0.3) is 0 Å². The molecule has 0 bridgehead atoms. The van der Waals surface area contributed by atoms with Crippen molar-refractivity contribution < 1.29 is 0 Å². The number of hydrogen-bond donors (Lipinski definition) is 2. The number of thiophene rings is 1. The van der Waals surface area contributed by atoms with Crippen molar-refractivity contribution in [3.8, 4) is 0 Å². The van der Waals surface area contributed by atoms with E-state index in [9.17, 15) is 0 Å². The molecule has 0 saturated carbocycles. The number of hydrogen-bond acceptors (Lipinski definition) is 4. The molecule has 1 atom stereocenters. The minimum absolute atomic E-state index is 0.331. The van der Waals surface area contributed by atoms with E-state index in [4.69, 9.17) is 5.84 Å². The monoisotopic (exact) mass is 202 g/mol. The molecule has 1 unspecified atom stereocenters. The third kappa shape index (κ3) is 2.79. The largest absolute Gasteiger partial charge is 0.271 e. The van der Waals surface area contributed by atoms with Gasteiger partial charge in [-0.15, -0.1) is 11.3 Å². The van der Waals surface area contributed by atoms with Crippen LogP contribution in [-0.2, 0) is 0 Å². The zero-order valence-electron chi connectivity index (χ0n) is 7.12. The Hall–Kier alpha value is -0.0300. The average Bonchev–Trinajstić information content (AvgIpc) is 2.59. The molecule has 0 amide bonds. The summed E-state index contributed by atoms with van der Waals surface area (Å²) in [6, 6.07) is 4.51. The molecular formula is C8H14N2S2. The third-order valence-electron chi connectivity index (χ3n) is 1.70. The van der Waals surface area contributed by atoms with Crippen molar-refractivity contribution >= 4 is 23.1 Å². The quantitative estimate of drug-likeness (QED) is 0.566. The van der Waals surface area contributed by atoms with Gasteiger partial charge in [-0.2, -0.15) is 11.8 Å². The van der Waals surface area contributed by atoms with Gasteiger partial charge in [0.15, 0.2) is 0 Å². The first kappa shape index (κ1) is 10.1. The van der Waals surface area contributed by atoms with Crippen LogP contribution in [0.3, 0.4) is 0 Å².